The second kappa shape index (κ2) is 6.85. The molecule has 0 aromatic heterocycles. The van der Waals surface area contributed by atoms with Gasteiger partial charge in [0.15, 0.2) is 0 Å². The van der Waals surface area contributed by atoms with Gasteiger partial charge in [0.1, 0.15) is 5.82 Å². The van der Waals surface area contributed by atoms with Gasteiger partial charge >= 0.3 is 0 Å². The zero-order valence-corrected chi connectivity index (χ0v) is 13.3. The van der Waals surface area contributed by atoms with E-state index in [0.717, 1.165) is 12.8 Å². The van der Waals surface area contributed by atoms with E-state index in [1.165, 1.54) is 22.5 Å². The van der Waals surface area contributed by atoms with Crippen LogP contribution in [0.25, 0.3) is 0 Å². The molecule has 1 aliphatic rings. The van der Waals surface area contributed by atoms with E-state index in [9.17, 15) is 12.8 Å². The standard InChI is InChI=1S/C15H22FNO3S/c1-3-20-11-13-5-4-8-17(10-13)21(18,19)14-6-7-15(16)12(2)9-14/h6-7,9,13H,3-5,8,10-11H2,1-2H3. The van der Waals surface area contributed by atoms with Crippen LogP contribution < -0.4 is 0 Å². The molecule has 21 heavy (non-hydrogen) atoms. The summed E-state index contributed by atoms with van der Waals surface area (Å²) in [5.41, 5.74) is 0.346. The Morgan fingerprint density at radius 1 is 1.43 bits per heavy atom. The predicted molar refractivity (Wildman–Crippen MR) is 79.1 cm³/mol. The molecule has 4 nitrogen and oxygen atoms in total. The first-order valence-corrected chi connectivity index (χ1v) is 8.73. The lowest BCUT2D eigenvalue weighted by Crippen LogP contribution is -2.41. The van der Waals surface area contributed by atoms with Crippen molar-refractivity contribution in [2.24, 2.45) is 5.92 Å². The summed E-state index contributed by atoms with van der Waals surface area (Å²) in [4.78, 5) is 0.165. The number of ether oxygens (including phenoxy) is 1. The summed E-state index contributed by atoms with van der Waals surface area (Å²) < 4.78 is 45.5. The zero-order chi connectivity index (χ0) is 15.5. The number of hydrogen-bond acceptors (Lipinski definition) is 3. The lowest BCUT2D eigenvalue weighted by Gasteiger charge is -2.31. The Morgan fingerprint density at radius 2 is 2.19 bits per heavy atom. The van der Waals surface area contributed by atoms with Crippen LogP contribution in [-0.2, 0) is 14.8 Å². The highest BCUT2D eigenvalue weighted by molar-refractivity contribution is 7.89. The molecule has 0 amide bonds. The van der Waals surface area contributed by atoms with Crippen LogP contribution in [0.5, 0.6) is 0 Å². The molecule has 6 heteroatoms. The van der Waals surface area contributed by atoms with Gasteiger partial charge in [-0.05, 0) is 56.4 Å². The van der Waals surface area contributed by atoms with Crippen molar-refractivity contribution in [2.45, 2.75) is 31.6 Å². The van der Waals surface area contributed by atoms with Gasteiger partial charge in [-0.25, -0.2) is 12.8 Å². The maximum atomic E-state index is 13.3. The van der Waals surface area contributed by atoms with E-state index in [-0.39, 0.29) is 16.6 Å². The number of aryl methyl sites for hydroxylation is 1. The summed E-state index contributed by atoms with van der Waals surface area (Å²) in [5, 5.41) is 0. The molecule has 2 rings (SSSR count). The molecule has 1 saturated heterocycles. The second-order valence-electron chi connectivity index (χ2n) is 5.44. The SMILES string of the molecule is CCOCC1CCCN(S(=O)(=O)c2ccc(F)c(C)c2)C1. The van der Waals surface area contributed by atoms with Crippen LogP contribution in [0.2, 0.25) is 0 Å². The number of nitrogens with zero attached hydrogens (tertiary/aromatic N) is 1. The van der Waals surface area contributed by atoms with Gasteiger partial charge in [0.2, 0.25) is 10.0 Å². The third-order valence-electron chi connectivity index (χ3n) is 3.81. The lowest BCUT2D eigenvalue weighted by molar-refractivity contribution is 0.0864. The van der Waals surface area contributed by atoms with Crippen LogP contribution in [0.15, 0.2) is 23.1 Å². The first kappa shape index (κ1) is 16.4. The van der Waals surface area contributed by atoms with E-state index >= 15 is 0 Å². The van der Waals surface area contributed by atoms with Crippen molar-refractivity contribution in [1.82, 2.24) is 4.31 Å². The van der Waals surface area contributed by atoms with Gasteiger partial charge in [-0.1, -0.05) is 0 Å². The van der Waals surface area contributed by atoms with E-state index in [0.29, 0.717) is 31.9 Å². The highest BCUT2D eigenvalue weighted by Gasteiger charge is 2.30. The predicted octanol–water partition coefficient (Wildman–Crippen LogP) is 2.57. The molecule has 1 heterocycles. The Hall–Kier alpha value is -0.980. The van der Waals surface area contributed by atoms with Crippen molar-refractivity contribution < 1.29 is 17.5 Å². The van der Waals surface area contributed by atoms with E-state index < -0.39 is 10.0 Å². The third kappa shape index (κ3) is 3.81. The Kier molecular flexibility index (Phi) is 5.35. The van der Waals surface area contributed by atoms with Crippen LogP contribution in [0.4, 0.5) is 4.39 Å². The van der Waals surface area contributed by atoms with E-state index in [4.69, 9.17) is 4.74 Å². The van der Waals surface area contributed by atoms with Crippen LogP contribution in [0, 0.1) is 18.7 Å². The molecule has 1 aromatic carbocycles. The Labute approximate surface area is 126 Å². The van der Waals surface area contributed by atoms with E-state index in [1.807, 2.05) is 6.92 Å². The maximum absolute atomic E-state index is 13.3. The largest absolute Gasteiger partial charge is 0.381 e. The van der Waals surface area contributed by atoms with Crippen molar-refractivity contribution in [3.8, 4) is 0 Å². The highest BCUT2D eigenvalue weighted by atomic mass is 32.2. The number of benzene rings is 1. The summed E-state index contributed by atoms with van der Waals surface area (Å²) in [7, 11) is -3.55. The number of hydrogen-bond donors (Lipinski definition) is 0. The number of sulfonamides is 1. The summed E-state index contributed by atoms with van der Waals surface area (Å²) in [6.07, 6.45) is 1.81. The smallest absolute Gasteiger partial charge is 0.243 e. The summed E-state index contributed by atoms with van der Waals surface area (Å²) in [6, 6.07) is 3.95. The zero-order valence-electron chi connectivity index (χ0n) is 12.5. The first-order valence-electron chi connectivity index (χ1n) is 7.29. The van der Waals surface area contributed by atoms with Gasteiger partial charge in [-0.3, -0.25) is 0 Å². The van der Waals surface area contributed by atoms with Gasteiger partial charge in [-0.15, -0.1) is 0 Å². The topological polar surface area (TPSA) is 46.6 Å². The summed E-state index contributed by atoms with van der Waals surface area (Å²) in [6.45, 7) is 5.71. The van der Waals surface area contributed by atoms with Gasteiger partial charge < -0.3 is 4.74 Å². The monoisotopic (exact) mass is 315 g/mol. The number of rotatable bonds is 5. The fourth-order valence-corrected chi connectivity index (χ4v) is 4.23. The molecule has 1 fully saturated rings. The van der Waals surface area contributed by atoms with Crippen LogP contribution >= 0.6 is 0 Å². The maximum Gasteiger partial charge on any atom is 0.243 e. The molecule has 1 atom stereocenters. The Morgan fingerprint density at radius 3 is 2.86 bits per heavy atom. The average molecular weight is 315 g/mol. The molecule has 0 saturated carbocycles. The molecular formula is C15H22FNO3S. The molecule has 118 valence electrons. The number of piperidine rings is 1. The highest BCUT2D eigenvalue weighted by Crippen LogP contribution is 2.25. The molecule has 0 bridgehead atoms. The van der Waals surface area contributed by atoms with Crippen LogP contribution in [0.1, 0.15) is 25.3 Å². The lowest BCUT2D eigenvalue weighted by atomic mass is 10.0. The van der Waals surface area contributed by atoms with Crippen LogP contribution in [0.3, 0.4) is 0 Å². The van der Waals surface area contributed by atoms with Crippen molar-refractivity contribution in [1.29, 1.82) is 0 Å². The Balaban J connectivity index is 2.16. The minimum atomic E-state index is -3.55. The molecule has 0 spiro atoms. The molecule has 1 aromatic rings. The second-order valence-corrected chi connectivity index (χ2v) is 7.38. The molecular weight excluding hydrogens is 293 g/mol. The van der Waals surface area contributed by atoms with E-state index in [1.54, 1.807) is 6.92 Å². The van der Waals surface area contributed by atoms with Gasteiger partial charge in [0, 0.05) is 19.7 Å². The van der Waals surface area contributed by atoms with Crippen molar-refractivity contribution in [3.05, 3.63) is 29.6 Å². The van der Waals surface area contributed by atoms with Gasteiger partial charge in [0.05, 0.1) is 11.5 Å². The van der Waals surface area contributed by atoms with Crippen molar-refractivity contribution in [3.63, 3.8) is 0 Å². The van der Waals surface area contributed by atoms with Crippen molar-refractivity contribution in [2.75, 3.05) is 26.3 Å². The summed E-state index contributed by atoms with van der Waals surface area (Å²) in [5.74, 6) is -0.156. The third-order valence-corrected chi connectivity index (χ3v) is 5.67. The van der Waals surface area contributed by atoms with Gasteiger partial charge in [0.25, 0.3) is 0 Å². The molecule has 1 unspecified atom stereocenters. The van der Waals surface area contributed by atoms with Gasteiger partial charge in [-0.2, -0.15) is 4.31 Å². The first-order chi connectivity index (χ1) is 9.95. The molecule has 0 aliphatic carbocycles. The minimum Gasteiger partial charge on any atom is -0.381 e. The molecule has 1 aliphatic heterocycles. The number of halogens is 1. The fourth-order valence-electron chi connectivity index (χ4n) is 2.59. The molecule has 0 N–H and O–H groups in total. The molecule has 0 radical (unpaired) electrons. The average Bonchev–Trinajstić information content (AvgIpc) is 2.48. The summed E-state index contributed by atoms with van der Waals surface area (Å²) >= 11 is 0. The van der Waals surface area contributed by atoms with E-state index in [2.05, 4.69) is 0 Å². The minimum absolute atomic E-state index is 0.165. The fraction of sp³-hybridized carbons (Fsp3) is 0.600. The van der Waals surface area contributed by atoms with Crippen molar-refractivity contribution >= 4 is 10.0 Å². The Bertz CT molecular complexity index is 589. The quantitative estimate of drug-likeness (QED) is 0.839. The van der Waals surface area contributed by atoms with Crippen LogP contribution in [-0.4, -0.2) is 39.0 Å². The normalized spacial score (nSPS) is 20.6.